The molecule has 0 radical (unpaired) electrons. The van der Waals surface area contributed by atoms with Crippen molar-refractivity contribution in [3.8, 4) is 0 Å². The first kappa shape index (κ1) is 10.4. The minimum atomic E-state index is -1.21. The van der Waals surface area contributed by atoms with E-state index < -0.39 is 12.0 Å². The molecule has 0 aromatic carbocycles. The Hall–Kier alpha value is -1.67. The fourth-order valence-electron chi connectivity index (χ4n) is 0.741. The molecule has 1 rings (SSSR count). The maximum absolute atomic E-state index is 10.7. The topological polar surface area (TPSA) is 112 Å². The third-order valence-electron chi connectivity index (χ3n) is 1.23. The number of thiazole rings is 1. The predicted molar refractivity (Wildman–Crippen MR) is 47.4 cm³/mol. The Balaban J connectivity index is 2.59. The molecule has 0 aliphatic heterocycles. The SMILES string of the molecule is O=C(O)Nc1nc(CC(=O)NO)cs1. The molecule has 0 bridgehead atoms. The van der Waals surface area contributed by atoms with Gasteiger partial charge in [-0.3, -0.25) is 15.3 Å². The zero-order valence-corrected chi connectivity index (χ0v) is 7.67. The van der Waals surface area contributed by atoms with Gasteiger partial charge in [0.1, 0.15) is 0 Å². The minimum Gasteiger partial charge on any atom is -0.465 e. The molecule has 0 atom stereocenters. The molecule has 0 fully saturated rings. The molecule has 0 saturated carbocycles. The average Bonchev–Trinajstić information content (AvgIpc) is 2.51. The van der Waals surface area contributed by atoms with Crippen LogP contribution >= 0.6 is 11.3 Å². The normalized spacial score (nSPS) is 9.50. The van der Waals surface area contributed by atoms with E-state index in [-0.39, 0.29) is 11.6 Å². The van der Waals surface area contributed by atoms with E-state index >= 15 is 0 Å². The summed E-state index contributed by atoms with van der Waals surface area (Å²) in [5.41, 5.74) is 1.85. The number of hydrogen-bond donors (Lipinski definition) is 4. The van der Waals surface area contributed by atoms with Crippen molar-refractivity contribution in [3.05, 3.63) is 11.1 Å². The van der Waals surface area contributed by atoms with E-state index in [9.17, 15) is 9.59 Å². The van der Waals surface area contributed by atoms with Gasteiger partial charge in [-0.05, 0) is 0 Å². The van der Waals surface area contributed by atoms with Crippen LogP contribution in [0.25, 0.3) is 0 Å². The lowest BCUT2D eigenvalue weighted by Crippen LogP contribution is -2.20. The van der Waals surface area contributed by atoms with Crippen molar-refractivity contribution in [2.75, 3.05) is 5.32 Å². The number of anilines is 1. The van der Waals surface area contributed by atoms with Gasteiger partial charge in [0.15, 0.2) is 5.13 Å². The summed E-state index contributed by atoms with van der Waals surface area (Å²) in [6.45, 7) is 0. The Morgan fingerprint density at radius 1 is 1.57 bits per heavy atom. The molecule has 0 aliphatic rings. The quantitative estimate of drug-likeness (QED) is 0.429. The van der Waals surface area contributed by atoms with Crippen molar-refractivity contribution in [1.82, 2.24) is 10.5 Å². The number of amides is 2. The first-order chi connectivity index (χ1) is 6.61. The molecule has 4 N–H and O–H groups in total. The highest BCUT2D eigenvalue weighted by molar-refractivity contribution is 7.13. The molecular weight excluding hydrogens is 210 g/mol. The lowest BCUT2D eigenvalue weighted by Gasteiger charge is -1.94. The second-order valence-corrected chi connectivity index (χ2v) is 3.14. The number of aromatic nitrogens is 1. The number of nitrogens with zero attached hydrogens (tertiary/aromatic N) is 1. The monoisotopic (exact) mass is 217 g/mol. The van der Waals surface area contributed by atoms with E-state index in [0.717, 1.165) is 11.3 Å². The van der Waals surface area contributed by atoms with Crippen LogP contribution in [0, 0.1) is 0 Å². The van der Waals surface area contributed by atoms with E-state index in [1.165, 1.54) is 10.9 Å². The molecular formula is C6H7N3O4S. The third kappa shape index (κ3) is 2.99. The van der Waals surface area contributed by atoms with Crippen LogP contribution in [0.2, 0.25) is 0 Å². The Labute approximate surface area is 82.4 Å². The van der Waals surface area contributed by atoms with Gasteiger partial charge in [-0.15, -0.1) is 11.3 Å². The Morgan fingerprint density at radius 3 is 2.86 bits per heavy atom. The first-order valence-corrected chi connectivity index (χ1v) is 4.37. The van der Waals surface area contributed by atoms with Gasteiger partial charge in [0.05, 0.1) is 12.1 Å². The van der Waals surface area contributed by atoms with E-state index in [0.29, 0.717) is 5.69 Å². The fraction of sp³-hybridized carbons (Fsp3) is 0.167. The van der Waals surface area contributed by atoms with Gasteiger partial charge in [0.25, 0.3) is 0 Å². The molecule has 0 unspecified atom stereocenters. The van der Waals surface area contributed by atoms with Crippen molar-refractivity contribution in [2.45, 2.75) is 6.42 Å². The second kappa shape index (κ2) is 4.53. The Kier molecular flexibility index (Phi) is 3.37. The predicted octanol–water partition coefficient (Wildman–Crippen LogP) is 0.281. The van der Waals surface area contributed by atoms with Crippen LogP contribution < -0.4 is 10.8 Å². The van der Waals surface area contributed by atoms with E-state index in [4.69, 9.17) is 10.3 Å². The van der Waals surface area contributed by atoms with Crippen molar-refractivity contribution >= 4 is 28.5 Å². The molecule has 14 heavy (non-hydrogen) atoms. The van der Waals surface area contributed by atoms with Crippen LogP contribution in [0.15, 0.2) is 5.38 Å². The highest BCUT2D eigenvalue weighted by Gasteiger charge is 2.07. The number of hydrogen-bond acceptors (Lipinski definition) is 5. The lowest BCUT2D eigenvalue weighted by atomic mass is 10.3. The molecule has 1 heterocycles. The van der Waals surface area contributed by atoms with Gasteiger partial charge in [-0.1, -0.05) is 0 Å². The second-order valence-electron chi connectivity index (χ2n) is 2.29. The van der Waals surface area contributed by atoms with Crippen LogP contribution in [0.4, 0.5) is 9.93 Å². The average molecular weight is 217 g/mol. The van der Waals surface area contributed by atoms with Crippen LogP contribution in [-0.2, 0) is 11.2 Å². The van der Waals surface area contributed by atoms with Crippen molar-refractivity contribution in [1.29, 1.82) is 0 Å². The summed E-state index contributed by atoms with van der Waals surface area (Å²) in [6, 6.07) is 0. The molecule has 0 aliphatic carbocycles. The lowest BCUT2D eigenvalue weighted by molar-refractivity contribution is -0.128. The molecule has 0 saturated heterocycles. The van der Waals surface area contributed by atoms with Gasteiger partial charge in [0.2, 0.25) is 5.91 Å². The van der Waals surface area contributed by atoms with Crippen LogP contribution in [0.1, 0.15) is 5.69 Å². The number of carbonyl (C=O) groups excluding carboxylic acids is 1. The summed E-state index contributed by atoms with van der Waals surface area (Å²) in [6.07, 6.45) is -1.30. The van der Waals surface area contributed by atoms with Crippen molar-refractivity contribution < 1.29 is 19.9 Å². The maximum atomic E-state index is 10.7. The van der Waals surface area contributed by atoms with Crippen molar-refractivity contribution in [3.63, 3.8) is 0 Å². The number of rotatable bonds is 3. The number of hydroxylamine groups is 1. The highest BCUT2D eigenvalue weighted by atomic mass is 32.1. The summed E-state index contributed by atoms with van der Waals surface area (Å²) in [4.78, 5) is 24.7. The van der Waals surface area contributed by atoms with Crippen LogP contribution in [-0.4, -0.2) is 27.3 Å². The minimum absolute atomic E-state index is 0.0890. The van der Waals surface area contributed by atoms with Crippen LogP contribution in [0.3, 0.4) is 0 Å². The molecule has 1 aromatic heterocycles. The summed E-state index contributed by atoms with van der Waals surface area (Å²) in [5.74, 6) is -0.600. The van der Waals surface area contributed by atoms with Crippen molar-refractivity contribution in [2.24, 2.45) is 0 Å². The smallest absolute Gasteiger partial charge is 0.410 e. The molecule has 76 valence electrons. The molecule has 7 nitrogen and oxygen atoms in total. The first-order valence-electron chi connectivity index (χ1n) is 3.49. The Morgan fingerprint density at radius 2 is 2.29 bits per heavy atom. The van der Waals surface area contributed by atoms with Gasteiger partial charge in [-0.25, -0.2) is 15.3 Å². The van der Waals surface area contributed by atoms with Gasteiger partial charge in [0, 0.05) is 5.38 Å². The zero-order chi connectivity index (χ0) is 10.6. The van der Waals surface area contributed by atoms with Crippen LogP contribution in [0.5, 0.6) is 0 Å². The van der Waals surface area contributed by atoms with E-state index in [1.54, 1.807) is 0 Å². The highest BCUT2D eigenvalue weighted by Crippen LogP contribution is 2.15. The molecule has 0 spiro atoms. The zero-order valence-electron chi connectivity index (χ0n) is 6.85. The standard InChI is InChI=1S/C6H7N3O4S/c10-4(9-13)1-3-2-14-5(7-3)8-6(11)12/h2,13H,1H2,(H,7,8)(H,9,10)(H,11,12). The number of nitrogens with one attached hydrogen (secondary N) is 2. The molecule has 1 aromatic rings. The van der Waals surface area contributed by atoms with Gasteiger partial charge in [-0.2, -0.15) is 0 Å². The van der Waals surface area contributed by atoms with E-state index in [1.807, 2.05) is 5.32 Å². The summed E-state index contributed by atoms with van der Waals surface area (Å²) >= 11 is 1.07. The largest absolute Gasteiger partial charge is 0.465 e. The van der Waals surface area contributed by atoms with Gasteiger partial charge < -0.3 is 5.11 Å². The number of carbonyl (C=O) groups is 2. The number of carboxylic acid groups (broad SMARTS) is 1. The third-order valence-corrected chi connectivity index (χ3v) is 2.04. The van der Waals surface area contributed by atoms with E-state index in [2.05, 4.69) is 4.98 Å². The fourth-order valence-corrected chi connectivity index (χ4v) is 1.44. The van der Waals surface area contributed by atoms with Gasteiger partial charge >= 0.3 is 6.09 Å². The molecule has 2 amide bonds. The summed E-state index contributed by atoms with van der Waals surface area (Å²) in [5, 5.41) is 20.3. The summed E-state index contributed by atoms with van der Waals surface area (Å²) < 4.78 is 0. The summed E-state index contributed by atoms with van der Waals surface area (Å²) in [7, 11) is 0. The Bertz CT molecular complexity index is 351. The molecule has 8 heteroatoms. The maximum Gasteiger partial charge on any atom is 0.410 e.